The van der Waals surface area contributed by atoms with Crippen LogP contribution >= 0.6 is 0 Å². The first-order valence-electron chi connectivity index (χ1n) is 3.78. The van der Waals surface area contributed by atoms with E-state index in [2.05, 4.69) is 18.9 Å². The lowest BCUT2D eigenvalue weighted by Crippen LogP contribution is -2.33. The monoisotopic (exact) mass is 154 g/mol. The zero-order chi connectivity index (χ0) is 8.43. The summed E-state index contributed by atoms with van der Waals surface area (Å²) in [5, 5.41) is 15.0. The highest BCUT2D eigenvalue weighted by atomic mass is 16.3. The summed E-state index contributed by atoms with van der Waals surface area (Å²) in [5.41, 5.74) is 1.02. The van der Waals surface area contributed by atoms with Crippen LogP contribution in [0.2, 0.25) is 0 Å². The third-order valence-corrected chi connectivity index (χ3v) is 1.83. The number of hydrogen-bond donors (Lipinski definition) is 1. The van der Waals surface area contributed by atoms with Crippen LogP contribution in [0.25, 0.3) is 0 Å². The lowest BCUT2D eigenvalue weighted by molar-refractivity contribution is 0.0467. The van der Waals surface area contributed by atoms with Crippen LogP contribution in [0.3, 0.4) is 0 Å². The van der Waals surface area contributed by atoms with Crippen LogP contribution in [0.4, 0.5) is 0 Å². The van der Waals surface area contributed by atoms with Gasteiger partial charge in [-0.3, -0.25) is 5.01 Å². The number of hydrazone groups is 1. The molecular formula is C8H14N2O. The van der Waals surface area contributed by atoms with Crippen molar-refractivity contribution >= 4 is 6.21 Å². The zero-order valence-electron chi connectivity index (χ0n) is 7.15. The van der Waals surface area contributed by atoms with Gasteiger partial charge in [-0.2, -0.15) is 5.10 Å². The van der Waals surface area contributed by atoms with Crippen LogP contribution in [-0.4, -0.2) is 29.6 Å². The Labute approximate surface area is 67.0 Å². The largest absolute Gasteiger partial charge is 0.368 e. The number of likely N-dealkylation sites (N-methyl/N-ethyl adjacent to an activating group) is 1. The summed E-state index contributed by atoms with van der Waals surface area (Å²) in [5.74, 6) is 0.374. The number of rotatable bonds is 1. The maximum absolute atomic E-state index is 9.55. The minimum atomic E-state index is -0.542. The average Bonchev–Trinajstić information content (AvgIpc) is 1.94. The first-order valence-corrected chi connectivity index (χ1v) is 3.78. The molecule has 0 fully saturated rings. The highest BCUT2D eigenvalue weighted by molar-refractivity contribution is 5.73. The summed E-state index contributed by atoms with van der Waals surface area (Å²) in [6.45, 7) is 4.12. The first kappa shape index (κ1) is 8.27. The maximum atomic E-state index is 9.55. The molecule has 0 aromatic rings. The van der Waals surface area contributed by atoms with Crippen molar-refractivity contribution in [1.29, 1.82) is 0 Å². The predicted molar refractivity (Wildman–Crippen MR) is 45.2 cm³/mol. The van der Waals surface area contributed by atoms with E-state index in [-0.39, 0.29) is 0 Å². The Kier molecular flexibility index (Phi) is 2.29. The molecule has 0 aromatic heterocycles. The molecular weight excluding hydrogens is 140 g/mol. The molecule has 1 heterocycles. The molecule has 1 aliphatic heterocycles. The van der Waals surface area contributed by atoms with Crippen LogP contribution in [0.1, 0.15) is 13.8 Å². The Morgan fingerprint density at radius 3 is 2.73 bits per heavy atom. The SMILES string of the molecule is CC(C)C1=CC=NN(C)C1O. The second-order valence-corrected chi connectivity index (χ2v) is 3.03. The highest BCUT2D eigenvalue weighted by Crippen LogP contribution is 2.18. The predicted octanol–water partition coefficient (Wildman–Crippen LogP) is 0.818. The van der Waals surface area contributed by atoms with E-state index in [0.29, 0.717) is 5.92 Å². The van der Waals surface area contributed by atoms with Gasteiger partial charge in [-0.25, -0.2) is 0 Å². The summed E-state index contributed by atoms with van der Waals surface area (Å²) < 4.78 is 0. The summed E-state index contributed by atoms with van der Waals surface area (Å²) in [6, 6.07) is 0. The summed E-state index contributed by atoms with van der Waals surface area (Å²) in [7, 11) is 1.76. The van der Waals surface area contributed by atoms with Gasteiger partial charge in [-0.15, -0.1) is 0 Å². The van der Waals surface area contributed by atoms with Gasteiger partial charge in [-0.1, -0.05) is 13.8 Å². The van der Waals surface area contributed by atoms with Crippen molar-refractivity contribution in [2.45, 2.75) is 20.1 Å². The molecule has 0 aliphatic carbocycles. The molecule has 1 rings (SSSR count). The van der Waals surface area contributed by atoms with E-state index < -0.39 is 6.23 Å². The molecule has 1 N–H and O–H groups in total. The second-order valence-electron chi connectivity index (χ2n) is 3.03. The molecule has 3 heteroatoms. The Balaban J connectivity index is 2.78. The topological polar surface area (TPSA) is 35.8 Å². The van der Waals surface area contributed by atoms with E-state index >= 15 is 0 Å². The van der Waals surface area contributed by atoms with E-state index in [1.165, 1.54) is 0 Å². The Hall–Kier alpha value is -0.830. The minimum absolute atomic E-state index is 0.374. The number of aliphatic hydroxyl groups excluding tert-OH is 1. The van der Waals surface area contributed by atoms with Gasteiger partial charge in [0.15, 0.2) is 6.23 Å². The first-order chi connectivity index (χ1) is 5.13. The molecule has 3 nitrogen and oxygen atoms in total. The Morgan fingerprint density at radius 2 is 2.27 bits per heavy atom. The molecule has 0 saturated heterocycles. The van der Waals surface area contributed by atoms with Crippen molar-refractivity contribution in [2.75, 3.05) is 7.05 Å². The molecule has 1 aliphatic rings. The molecule has 11 heavy (non-hydrogen) atoms. The fourth-order valence-corrected chi connectivity index (χ4v) is 1.08. The molecule has 0 amide bonds. The number of nitrogens with zero attached hydrogens (tertiary/aromatic N) is 2. The molecule has 0 bridgehead atoms. The van der Waals surface area contributed by atoms with E-state index in [0.717, 1.165) is 5.57 Å². The van der Waals surface area contributed by atoms with Crippen LogP contribution in [0.15, 0.2) is 16.8 Å². The van der Waals surface area contributed by atoms with Crippen molar-refractivity contribution in [1.82, 2.24) is 5.01 Å². The van der Waals surface area contributed by atoms with Gasteiger partial charge in [-0.05, 0) is 17.6 Å². The van der Waals surface area contributed by atoms with Crippen LogP contribution < -0.4 is 0 Å². The lowest BCUT2D eigenvalue weighted by Gasteiger charge is -2.27. The minimum Gasteiger partial charge on any atom is -0.368 e. The van der Waals surface area contributed by atoms with Gasteiger partial charge in [0.2, 0.25) is 0 Å². The smallest absolute Gasteiger partial charge is 0.164 e. The third kappa shape index (κ3) is 1.60. The van der Waals surface area contributed by atoms with E-state index in [9.17, 15) is 5.11 Å². The van der Waals surface area contributed by atoms with Gasteiger partial charge in [0.25, 0.3) is 0 Å². The van der Waals surface area contributed by atoms with Crippen molar-refractivity contribution in [3.63, 3.8) is 0 Å². The lowest BCUT2D eigenvalue weighted by atomic mass is 10.0. The summed E-state index contributed by atoms with van der Waals surface area (Å²) in [6.07, 6.45) is 3.04. The van der Waals surface area contributed by atoms with Crippen molar-refractivity contribution in [2.24, 2.45) is 11.0 Å². The Morgan fingerprint density at radius 1 is 1.64 bits per heavy atom. The van der Waals surface area contributed by atoms with Crippen LogP contribution in [0, 0.1) is 5.92 Å². The highest BCUT2D eigenvalue weighted by Gasteiger charge is 2.19. The molecule has 0 radical (unpaired) electrons. The number of hydrogen-bond acceptors (Lipinski definition) is 3. The van der Waals surface area contributed by atoms with E-state index in [1.54, 1.807) is 18.3 Å². The van der Waals surface area contributed by atoms with Gasteiger partial charge in [0.05, 0.1) is 0 Å². The Bertz CT molecular complexity index is 196. The van der Waals surface area contributed by atoms with Gasteiger partial charge in [0, 0.05) is 13.3 Å². The normalized spacial score (nSPS) is 24.3. The van der Waals surface area contributed by atoms with Crippen LogP contribution in [0.5, 0.6) is 0 Å². The van der Waals surface area contributed by atoms with Gasteiger partial charge >= 0.3 is 0 Å². The quantitative estimate of drug-likeness (QED) is 0.607. The van der Waals surface area contributed by atoms with Crippen LogP contribution in [-0.2, 0) is 0 Å². The van der Waals surface area contributed by atoms with E-state index in [1.807, 2.05) is 6.08 Å². The number of aliphatic hydroxyl groups is 1. The fraction of sp³-hybridized carbons (Fsp3) is 0.625. The summed E-state index contributed by atoms with van der Waals surface area (Å²) in [4.78, 5) is 0. The maximum Gasteiger partial charge on any atom is 0.164 e. The number of allylic oxidation sites excluding steroid dienone is 1. The third-order valence-electron chi connectivity index (χ3n) is 1.83. The fourth-order valence-electron chi connectivity index (χ4n) is 1.08. The molecule has 62 valence electrons. The van der Waals surface area contributed by atoms with Gasteiger partial charge in [0.1, 0.15) is 0 Å². The molecule has 1 atom stereocenters. The second kappa shape index (κ2) is 3.05. The standard InChI is InChI=1S/C8H14N2O/c1-6(2)7-4-5-9-10(3)8(7)11/h4-6,8,11H,1-3H3. The molecule has 1 unspecified atom stereocenters. The van der Waals surface area contributed by atoms with Crippen molar-refractivity contribution < 1.29 is 5.11 Å². The van der Waals surface area contributed by atoms with E-state index in [4.69, 9.17) is 0 Å². The zero-order valence-corrected chi connectivity index (χ0v) is 7.15. The van der Waals surface area contributed by atoms with Gasteiger partial charge < -0.3 is 5.11 Å². The average molecular weight is 154 g/mol. The van der Waals surface area contributed by atoms with Crippen molar-refractivity contribution in [3.05, 3.63) is 11.6 Å². The summed E-state index contributed by atoms with van der Waals surface area (Å²) >= 11 is 0. The van der Waals surface area contributed by atoms with Crippen molar-refractivity contribution in [3.8, 4) is 0 Å². The molecule has 0 spiro atoms. The molecule has 0 aromatic carbocycles. The molecule has 0 saturated carbocycles.